The Labute approximate surface area is 211 Å². The SMILES string of the molecule is [C-]#[N+]c1ccc(N2CCN(C(=O)C34CCC(NCC(=O)N5C[C@@H](F)C[C@H]5C#N)(CC3)CC4)CC2)nc1. The molecule has 3 heterocycles. The molecule has 190 valence electrons. The van der Waals surface area contributed by atoms with Gasteiger partial charge >= 0.3 is 0 Å². The number of alkyl halides is 1. The Morgan fingerprint density at radius 1 is 1.17 bits per heavy atom. The predicted octanol–water partition coefficient (Wildman–Crippen LogP) is 2.43. The molecule has 2 bridgehead atoms. The lowest BCUT2D eigenvalue weighted by atomic mass is 9.56. The summed E-state index contributed by atoms with van der Waals surface area (Å²) in [6, 6.07) is 5.00. The fourth-order valence-corrected chi connectivity index (χ4v) is 6.42. The average molecular weight is 494 g/mol. The molecule has 2 atom stereocenters. The second kappa shape index (κ2) is 9.67. The summed E-state index contributed by atoms with van der Waals surface area (Å²) >= 11 is 0. The Bertz CT molecular complexity index is 1060. The Kier molecular flexibility index (Phi) is 6.57. The minimum Gasteiger partial charge on any atom is -0.353 e. The van der Waals surface area contributed by atoms with Crippen molar-refractivity contribution in [2.24, 2.45) is 5.41 Å². The molecular formula is C26H32FN7O2. The molecule has 2 saturated heterocycles. The number of carbonyl (C=O) groups is 2. The predicted molar refractivity (Wildman–Crippen MR) is 131 cm³/mol. The summed E-state index contributed by atoms with van der Waals surface area (Å²) in [5, 5.41) is 12.7. The number of hydrogen-bond acceptors (Lipinski definition) is 6. The van der Waals surface area contributed by atoms with Crippen LogP contribution in [-0.4, -0.2) is 83.6 Å². The highest BCUT2D eigenvalue weighted by Crippen LogP contribution is 2.53. The first-order chi connectivity index (χ1) is 17.4. The fraction of sp³-hybridized carbons (Fsp3) is 0.654. The van der Waals surface area contributed by atoms with Gasteiger partial charge in [-0.15, -0.1) is 0 Å². The highest BCUT2D eigenvalue weighted by molar-refractivity contribution is 5.83. The van der Waals surface area contributed by atoms with Gasteiger partial charge in [0, 0.05) is 49.8 Å². The van der Waals surface area contributed by atoms with Crippen molar-refractivity contribution in [2.45, 2.75) is 62.7 Å². The molecule has 10 heteroatoms. The highest BCUT2D eigenvalue weighted by atomic mass is 19.1. The van der Waals surface area contributed by atoms with E-state index in [0.29, 0.717) is 18.8 Å². The monoisotopic (exact) mass is 493 g/mol. The molecule has 1 aromatic heterocycles. The van der Waals surface area contributed by atoms with Crippen LogP contribution in [0.25, 0.3) is 4.85 Å². The zero-order valence-electron chi connectivity index (χ0n) is 20.5. The maximum absolute atomic E-state index is 13.7. The molecule has 1 N–H and O–H groups in total. The molecule has 2 amide bonds. The highest BCUT2D eigenvalue weighted by Gasteiger charge is 2.53. The van der Waals surface area contributed by atoms with E-state index in [0.717, 1.165) is 57.4 Å². The first-order valence-corrected chi connectivity index (χ1v) is 12.8. The second-order valence-corrected chi connectivity index (χ2v) is 10.7. The van der Waals surface area contributed by atoms with Gasteiger partial charge in [-0.1, -0.05) is 6.07 Å². The number of nitriles is 1. The minimum absolute atomic E-state index is 0.00101. The molecule has 9 nitrogen and oxygen atoms in total. The van der Waals surface area contributed by atoms with Crippen LogP contribution in [0.15, 0.2) is 18.3 Å². The van der Waals surface area contributed by atoms with E-state index >= 15 is 0 Å². The molecule has 0 unspecified atom stereocenters. The quantitative estimate of drug-likeness (QED) is 0.633. The third-order valence-electron chi connectivity index (χ3n) is 8.79. The van der Waals surface area contributed by atoms with E-state index in [1.54, 1.807) is 12.3 Å². The van der Waals surface area contributed by atoms with E-state index in [9.17, 15) is 19.2 Å². The Hall–Kier alpha value is -3.24. The van der Waals surface area contributed by atoms with Gasteiger partial charge < -0.3 is 20.0 Å². The van der Waals surface area contributed by atoms with Crippen LogP contribution in [-0.2, 0) is 9.59 Å². The van der Waals surface area contributed by atoms with Gasteiger partial charge in [-0.05, 0) is 44.6 Å². The summed E-state index contributed by atoms with van der Waals surface area (Å²) in [6.07, 6.45) is 5.51. The second-order valence-electron chi connectivity index (χ2n) is 10.7. The van der Waals surface area contributed by atoms with Crippen molar-refractivity contribution >= 4 is 23.3 Å². The first kappa shape index (κ1) is 24.5. The summed E-state index contributed by atoms with van der Waals surface area (Å²) in [5.41, 5.74) is 0.0521. The lowest BCUT2D eigenvalue weighted by Gasteiger charge is -2.54. The zero-order valence-corrected chi connectivity index (χ0v) is 20.5. The lowest BCUT2D eigenvalue weighted by Crippen LogP contribution is -2.61. The van der Waals surface area contributed by atoms with Crippen molar-refractivity contribution in [1.29, 1.82) is 5.26 Å². The Morgan fingerprint density at radius 2 is 1.86 bits per heavy atom. The number of hydrogen-bond donors (Lipinski definition) is 1. The van der Waals surface area contributed by atoms with Crippen molar-refractivity contribution < 1.29 is 14.0 Å². The molecule has 5 fully saturated rings. The van der Waals surface area contributed by atoms with Gasteiger partial charge in [0.1, 0.15) is 18.0 Å². The number of anilines is 1. The third kappa shape index (κ3) is 4.51. The van der Waals surface area contributed by atoms with Crippen molar-refractivity contribution in [2.75, 3.05) is 44.2 Å². The van der Waals surface area contributed by atoms with E-state index in [-0.39, 0.29) is 42.3 Å². The maximum atomic E-state index is 13.7. The number of halogens is 1. The number of aromatic nitrogens is 1. The van der Waals surface area contributed by atoms with Gasteiger partial charge in [-0.25, -0.2) is 9.24 Å². The van der Waals surface area contributed by atoms with Crippen LogP contribution in [0.3, 0.4) is 0 Å². The van der Waals surface area contributed by atoms with E-state index in [1.165, 1.54) is 4.90 Å². The number of piperazine rings is 1. The van der Waals surface area contributed by atoms with Crippen LogP contribution in [0.1, 0.15) is 44.9 Å². The molecule has 1 aromatic rings. The smallest absolute Gasteiger partial charge is 0.237 e. The largest absolute Gasteiger partial charge is 0.353 e. The number of rotatable bonds is 5. The number of carbonyl (C=O) groups excluding carboxylic acids is 2. The molecule has 6 rings (SSSR count). The molecule has 0 radical (unpaired) electrons. The first-order valence-electron chi connectivity index (χ1n) is 12.8. The number of amides is 2. The number of fused-ring (bicyclic) bond motifs is 3. The summed E-state index contributed by atoms with van der Waals surface area (Å²) in [4.78, 5) is 39.6. The van der Waals surface area contributed by atoms with Crippen LogP contribution < -0.4 is 10.2 Å². The number of nitrogens with one attached hydrogen (secondary N) is 1. The molecule has 3 saturated carbocycles. The molecule has 2 aliphatic heterocycles. The van der Waals surface area contributed by atoms with E-state index in [1.807, 2.05) is 17.0 Å². The maximum Gasteiger partial charge on any atom is 0.237 e. The molecule has 5 aliphatic rings. The van der Waals surface area contributed by atoms with Crippen LogP contribution >= 0.6 is 0 Å². The summed E-state index contributed by atoms with van der Waals surface area (Å²) < 4.78 is 13.7. The molecule has 3 aliphatic carbocycles. The topological polar surface area (TPSA) is 96.9 Å². The molecule has 36 heavy (non-hydrogen) atoms. The van der Waals surface area contributed by atoms with Gasteiger partial charge in [0.05, 0.1) is 25.7 Å². The van der Waals surface area contributed by atoms with Gasteiger partial charge in [0.15, 0.2) is 0 Å². The van der Waals surface area contributed by atoms with Gasteiger partial charge in [-0.2, -0.15) is 5.26 Å². The molecular weight excluding hydrogens is 461 g/mol. The van der Waals surface area contributed by atoms with Crippen LogP contribution in [0.4, 0.5) is 15.9 Å². The van der Waals surface area contributed by atoms with E-state index < -0.39 is 12.2 Å². The zero-order chi connectivity index (χ0) is 25.3. The summed E-state index contributed by atoms with van der Waals surface area (Å²) in [7, 11) is 0. The van der Waals surface area contributed by atoms with Crippen LogP contribution in [0.2, 0.25) is 0 Å². The van der Waals surface area contributed by atoms with E-state index in [2.05, 4.69) is 20.0 Å². The number of nitrogens with zero attached hydrogens (tertiary/aromatic N) is 6. The van der Waals surface area contributed by atoms with Crippen molar-refractivity contribution in [3.05, 3.63) is 29.7 Å². The van der Waals surface area contributed by atoms with Gasteiger partial charge in [-0.3, -0.25) is 14.6 Å². The minimum atomic E-state index is -1.13. The standard InChI is InChI=1S/C26H32FN7O2/c1-29-20-2-3-22(30-16-20)32-10-12-33(13-11-32)24(36)25-4-7-26(8-5-25,9-6-25)31-17-23(35)34-18-19(27)14-21(34)15-28/h2-3,16,19,21,31H,4-14,17-18H2/t19-,21-,25?,26?/m0/s1. The lowest BCUT2D eigenvalue weighted by molar-refractivity contribution is -0.150. The Balaban J connectivity index is 1.12. The number of likely N-dealkylation sites (tertiary alicyclic amines) is 1. The van der Waals surface area contributed by atoms with E-state index in [4.69, 9.17) is 6.57 Å². The van der Waals surface area contributed by atoms with Gasteiger partial charge in [0.2, 0.25) is 17.5 Å². The van der Waals surface area contributed by atoms with Gasteiger partial charge in [0.25, 0.3) is 0 Å². The fourth-order valence-electron chi connectivity index (χ4n) is 6.42. The summed E-state index contributed by atoms with van der Waals surface area (Å²) in [5.74, 6) is 0.877. The normalized spacial score (nSPS) is 31.7. The van der Waals surface area contributed by atoms with Crippen molar-refractivity contribution in [3.8, 4) is 6.07 Å². The van der Waals surface area contributed by atoms with Crippen molar-refractivity contribution in [1.82, 2.24) is 20.1 Å². The molecule has 0 aromatic carbocycles. The number of pyridine rings is 1. The third-order valence-corrected chi connectivity index (χ3v) is 8.79. The Morgan fingerprint density at radius 3 is 2.44 bits per heavy atom. The van der Waals surface area contributed by atoms with Crippen molar-refractivity contribution in [3.63, 3.8) is 0 Å². The summed E-state index contributed by atoms with van der Waals surface area (Å²) in [6.45, 7) is 9.94. The average Bonchev–Trinajstić information content (AvgIpc) is 3.33. The molecule has 0 spiro atoms. The van der Waals surface area contributed by atoms with Crippen LogP contribution in [0, 0.1) is 23.3 Å². The van der Waals surface area contributed by atoms with Crippen LogP contribution in [0.5, 0.6) is 0 Å².